The highest BCUT2D eigenvalue weighted by molar-refractivity contribution is 6.00. The third-order valence-corrected chi connectivity index (χ3v) is 9.67. The van der Waals surface area contributed by atoms with Crippen LogP contribution in [0.5, 0.6) is 5.75 Å². The molecule has 2 heterocycles. The van der Waals surface area contributed by atoms with E-state index in [2.05, 4.69) is 25.9 Å². The Balaban J connectivity index is 1.16. The number of aryl methyl sites for hydroxylation is 2. The van der Waals surface area contributed by atoms with Crippen molar-refractivity contribution in [1.29, 1.82) is 0 Å². The van der Waals surface area contributed by atoms with E-state index in [1.54, 1.807) is 38.4 Å². The van der Waals surface area contributed by atoms with Crippen LogP contribution in [0.15, 0.2) is 60.8 Å². The number of phenolic OH excluding ortho intramolecular Hbond substituents is 1. The van der Waals surface area contributed by atoms with E-state index < -0.39 is 12.1 Å². The summed E-state index contributed by atoms with van der Waals surface area (Å²) in [6, 6.07) is 15.0. The van der Waals surface area contributed by atoms with Gasteiger partial charge in [-0.1, -0.05) is 50.5 Å². The summed E-state index contributed by atoms with van der Waals surface area (Å²) >= 11 is 0. The van der Waals surface area contributed by atoms with Crippen molar-refractivity contribution in [2.24, 2.45) is 13.0 Å². The van der Waals surface area contributed by atoms with Crippen molar-refractivity contribution in [3.8, 4) is 5.75 Å². The summed E-state index contributed by atoms with van der Waals surface area (Å²) in [5.74, 6) is -0.505. The minimum absolute atomic E-state index is 0.0558. The molecule has 1 saturated heterocycles. The Morgan fingerprint density at radius 1 is 0.878 bits per heavy atom. The number of aromatic hydroxyl groups is 1. The molecule has 0 unspecified atom stereocenters. The SMILES string of the molecule is CCC(=O)N[C@H](CCc1ccc(NC(=O)[C@@H](NC(=O)c2ccnn2C)C2CCCCC2)cc1)C(=O)N1CCN(Cc2ccc(O)cc2)CC1. The summed E-state index contributed by atoms with van der Waals surface area (Å²) in [4.78, 5) is 56.7. The molecule has 2 atom stereocenters. The highest BCUT2D eigenvalue weighted by atomic mass is 16.3. The first kappa shape index (κ1) is 35.6. The quantitative estimate of drug-likeness (QED) is 0.217. The summed E-state index contributed by atoms with van der Waals surface area (Å²) in [7, 11) is 1.70. The second-order valence-electron chi connectivity index (χ2n) is 13.2. The maximum Gasteiger partial charge on any atom is 0.270 e. The molecule has 1 saturated carbocycles. The fourth-order valence-electron chi connectivity index (χ4n) is 6.72. The molecule has 1 aliphatic heterocycles. The van der Waals surface area contributed by atoms with Crippen LogP contribution in [-0.4, -0.2) is 86.6 Å². The fourth-order valence-corrected chi connectivity index (χ4v) is 6.72. The van der Waals surface area contributed by atoms with E-state index in [9.17, 15) is 24.3 Å². The first-order chi connectivity index (χ1) is 23.7. The second-order valence-corrected chi connectivity index (χ2v) is 13.2. The molecule has 2 fully saturated rings. The lowest BCUT2D eigenvalue weighted by Gasteiger charge is -2.36. The van der Waals surface area contributed by atoms with E-state index in [1.165, 1.54) is 4.68 Å². The van der Waals surface area contributed by atoms with Crippen molar-refractivity contribution in [3.63, 3.8) is 0 Å². The van der Waals surface area contributed by atoms with Gasteiger partial charge in [0.1, 0.15) is 23.5 Å². The average molecular weight is 672 g/mol. The number of carbonyl (C=O) groups is 4. The number of nitrogens with one attached hydrogen (secondary N) is 3. The van der Waals surface area contributed by atoms with Crippen LogP contribution in [0.1, 0.15) is 73.5 Å². The molecule has 4 N–H and O–H groups in total. The van der Waals surface area contributed by atoms with Gasteiger partial charge in [0, 0.05) is 58.1 Å². The third kappa shape index (κ3) is 9.91. The van der Waals surface area contributed by atoms with Gasteiger partial charge in [0.25, 0.3) is 5.91 Å². The Morgan fingerprint density at radius 3 is 2.18 bits per heavy atom. The van der Waals surface area contributed by atoms with Crippen LogP contribution in [0, 0.1) is 5.92 Å². The van der Waals surface area contributed by atoms with Gasteiger partial charge in [-0.15, -0.1) is 0 Å². The highest BCUT2D eigenvalue weighted by Crippen LogP contribution is 2.28. The molecular weight excluding hydrogens is 622 g/mol. The first-order valence-electron chi connectivity index (χ1n) is 17.5. The molecule has 1 aliphatic carbocycles. The van der Waals surface area contributed by atoms with Crippen LogP contribution in [0.4, 0.5) is 5.69 Å². The molecule has 49 heavy (non-hydrogen) atoms. The maximum absolute atomic E-state index is 13.6. The fraction of sp³-hybridized carbons (Fsp3) is 0.486. The Labute approximate surface area is 288 Å². The highest BCUT2D eigenvalue weighted by Gasteiger charge is 2.32. The van der Waals surface area contributed by atoms with Crippen LogP contribution in [0.2, 0.25) is 0 Å². The zero-order valence-corrected chi connectivity index (χ0v) is 28.6. The van der Waals surface area contributed by atoms with E-state index in [0.29, 0.717) is 43.7 Å². The molecule has 12 nitrogen and oxygen atoms in total. The molecule has 12 heteroatoms. The molecular formula is C37H49N7O5. The Hall–Kier alpha value is -4.71. The predicted octanol–water partition coefficient (Wildman–Crippen LogP) is 3.61. The smallest absolute Gasteiger partial charge is 0.270 e. The molecule has 3 aromatic rings. The number of phenols is 1. The van der Waals surface area contributed by atoms with E-state index in [1.807, 2.05) is 41.3 Å². The maximum atomic E-state index is 13.6. The Kier molecular flexibility index (Phi) is 12.4. The second kappa shape index (κ2) is 17.1. The van der Waals surface area contributed by atoms with Crippen molar-refractivity contribution in [3.05, 3.63) is 77.6 Å². The van der Waals surface area contributed by atoms with Gasteiger partial charge in [0.15, 0.2) is 0 Å². The monoisotopic (exact) mass is 671 g/mol. The van der Waals surface area contributed by atoms with E-state index >= 15 is 0 Å². The molecule has 5 rings (SSSR count). The standard InChI is InChI=1S/C37H49N7O5/c1-3-33(46)40-31(37(49)44-23-21-43(22-24-44)25-27-11-16-30(45)17-12-27)18-13-26-9-14-29(15-10-26)39-36(48)34(28-7-5-4-6-8-28)41-35(47)32-19-20-38-42(32)2/h9-12,14-17,19-20,28,31,34,45H,3-8,13,18,21-25H2,1-2H3,(H,39,48)(H,40,46)(H,41,47)/t31-,34+/m1/s1. The molecule has 0 radical (unpaired) electrons. The van der Waals surface area contributed by atoms with Crippen LogP contribution < -0.4 is 16.0 Å². The Morgan fingerprint density at radius 2 is 1.55 bits per heavy atom. The van der Waals surface area contributed by atoms with Crippen LogP contribution in [-0.2, 0) is 34.4 Å². The summed E-state index contributed by atoms with van der Waals surface area (Å²) in [6.45, 7) is 5.12. The zero-order valence-electron chi connectivity index (χ0n) is 28.6. The number of piperazine rings is 1. The van der Waals surface area contributed by atoms with Crippen molar-refractivity contribution in [1.82, 2.24) is 30.2 Å². The third-order valence-electron chi connectivity index (χ3n) is 9.67. The van der Waals surface area contributed by atoms with Crippen LogP contribution in [0.3, 0.4) is 0 Å². The topological polar surface area (TPSA) is 149 Å². The number of anilines is 1. The van der Waals surface area contributed by atoms with Crippen molar-refractivity contribution in [2.45, 2.75) is 76.9 Å². The number of carbonyl (C=O) groups excluding carboxylic acids is 4. The summed E-state index contributed by atoms with van der Waals surface area (Å²) in [5, 5.41) is 22.5. The lowest BCUT2D eigenvalue weighted by Crippen LogP contribution is -2.54. The number of hydrogen-bond acceptors (Lipinski definition) is 7. The van der Waals surface area contributed by atoms with Crippen LogP contribution >= 0.6 is 0 Å². The number of nitrogens with zero attached hydrogens (tertiary/aromatic N) is 4. The lowest BCUT2D eigenvalue weighted by atomic mass is 9.83. The van der Waals surface area contributed by atoms with Crippen molar-refractivity contribution in [2.75, 3.05) is 31.5 Å². The van der Waals surface area contributed by atoms with E-state index in [4.69, 9.17) is 0 Å². The van der Waals surface area contributed by atoms with E-state index in [-0.39, 0.29) is 35.3 Å². The number of aromatic nitrogens is 2. The molecule has 262 valence electrons. The number of rotatable bonds is 13. The van der Waals surface area contributed by atoms with Gasteiger partial charge in [-0.2, -0.15) is 5.10 Å². The minimum Gasteiger partial charge on any atom is -0.508 e. The zero-order chi connectivity index (χ0) is 34.8. The van der Waals surface area contributed by atoms with Gasteiger partial charge in [0.2, 0.25) is 17.7 Å². The largest absolute Gasteiger partial charge is 0.508 e. The summed E-state index contributed by atoms with van der Waals surface area (Å²) in [6.07, 6.45) is 7.84. The van der Waals surface area contributed by atoms with Crippen LogP contribution in [0.25, 0.3) is 0 Å². The molecule has 2 aromatic carbocycles. The lowest BCUT2D eigenvalue weighted by molar-refractivity contribution is -0.138. The molecule has 1 aromatic heterocycles. The van der Waals surface area contributed by atoms with Gasteiger partial charge in [0.05, 0.1) is 0 Å². The van der Waals surface area contributed by atoms with Gasteiger partial charge in [-0.3, -0.25) is 28.8 Å². The van der Waals surface area contributed by atoms with Gasteiger partial charge < -0.3 is 26.0 Å². The normalized spacial score (nSPS) is 16.8. The Bertz CT molecular complexity index is 1560. The molecule has 4 amide bonds. The molecule has 0 spiro atoms. The minimum atomic E-state index is -0.661. The number of benzene rings is 2. The molecule has 2 aliphatic rings. The average Bonchev–Trinajstić information content (AvgIpc) is 3.56. The van der Waals surface area contributed by atoms with Crippen molar-refractivity contribution >= 4 is 29.3 Å². The number of hydrogen-bond donors (Lipinski definition) is 4. The first-order valence-corrected chi connectivity index (χ1v) is 17.5. The summed E-state index contributed by atoms with van der Waals surface area (Å²) < 4.78 is 1.50. The number of amides is 4. The van der Waals surface area contributed by atoms with Gasteiger partial charge in [-0.05, 0) is 73.1 Å². The van der Waals surface area contributed by atoms with Gasteiger partial charge >= 0.3 is 0 Å². The van der Waals surface area contributed by atoms with Crippen molar-refractivity contribution < 1.29 is 24.3 Å². The van der Waals surface area contributed by atoms with Gasteiger partial charge in [-0.25, -0.2) is 0 Å². The molecule has 0 bridgehead atoms. The predicted molar refractivity (Wildman–Crippen MR) is 187 cm³/mol. The summed E-state index contributed by atoms with van der Waals surface area (Å²) in [5.41, 5.74) is 3.11. The van der Waals surface area contributed by atoms with E-state index in [0.717, 1.165) is 62.9 Å².